The van der Waals surface area contributed by atoms with Crippen LogP contribution in [0.3, 0.4) is 0 Å². The summed E-state index contributed by atoms with van der Waals surface area (Å²) < 4.78 is 0. The number of hydrogen-bond acceptors (Lipinski definition) is 4. The standard InChI is InChI=1S/C20H21N3O2S2/c1-21-20(25)15-6-8-16(9-7-15)22-19(24)14-23(12-17-4-2-10-26-17)13-18-5-3-11-27-18/h2-11H,12-14H2,1H3,(H,21,25)(H,22,24)/p+1. The highest BCUT2D eigenvalue weighted by Crippen LogP contribution is 2.10. The Hall–Kier alpha value is -2.48. The molecule has 3 rings (SSSR count). The van der Waals surface area contributed by atoms with Crippen LogP contribution in [0.1, 0.15) is 20.1 Å². The number of thiophene rings is 2. The van der Waals surface area contributed by atoms with Crippen molar-refractivity contribution in [2.75, 3.05) is 18.9 Å². The summed E-state index contributed by atoms with van der Waals surface area (Å²) in [4.78, 5) is 27.9. The highest BCUT2D eigenvalue weighted by atomic mass is 32.1. The molecule has 0 saturated carbocycles. The molecule has 0 radical (unpaired) electrons. The van der Waals surface area contributed by atoms with Gasteiger partial charge in [0.05, 0.1) is 9.75 Å². The van der Waals surface area contributed by atoms with E-state index >= 15 is 0 Å². The molecule has 0 aliphatic rings. The first-order valence-corrected chi connectivity index (χ1v) is 10.4. The fourth-order valence-electron chi connectivity index (χ4n) is 2.79. The molecule has 2 aromatic heterocycles. The van der Waals surface area contributed by atoms with Gasteiger partial charge in [-0.2, -0.15) is 0 Å². The van der Waals surface area contributed by atoms with E-state index in [2.05, 4.69) is 33.5 Å². The molecule has 0 fully saturated rings. The second-order valence-electron chi connectivity index (χ2n) is 6.14. The number of rotatable bonds is 8. The summed E-state index contributed by atoms with van der Waals surface area (Å²) in [5.41, 5.74) is 1.26. The first kappa shape index (κ1) is 19.3. The van der Waals surface area contributed by atoms with Crippen LogP contribution >= 0.6 is 22.7 Å². The minimum atomic E-state index is -0.143. The lowest BCUT2D eigenvalue weighted by Crippen LogP contribution is -3.10. The van der Waals surface area contributed by atoms with Gasteiger partial charge in [-0.1, -0.05) is 12.1 Å². The summed E-state index contributed by atoms with van der Waals surface area (Å²) in [5, 5.41) is 9.64. The van der Waals surface area contributed by atoms with Crippen LogP contribution in [0.25, 0.3) is 0 Å². The number of carbonyl (C=O) groups is 2. The van der Waals surface area contributed by atoms with Gasteiger partial charge in [-0.15, -0.1) is 22.7 Å². The Morgan fingerprint density at radius 2 is 1.52 bits per heavy atom. The monoisotopic (exact) mass is 400 g/mol. The maximum atomic E-state index is 12.6. The van der Waals surface area contributed by atoms with Gasteiger partial charge in [0.2, 0.25) is 0 Å². The Kier molecular flexibility index (Phi) is 6.75. The maximum absolute atomic E-state index is 12.6. The lowest BCUT2D eigenvalue weighted by Gasteiger charge is -2.18. The largest absolute Gasteiger partial charge is 0.355 e. The lowest BCUT2D eigenvalue weighted by atomic mass is 10.2. The van der Waals surface area contributed by atoms with Gasteiger partial charge in [-0.25, -0.2) is 0 Å². The van der Waals surface area contributed by atoms with Crippen LogP contribution in [0.2, 0.25) is 0 Å². The van der Waals surface area contributed by atoms with Crippen LogP contribution in [0.15, 0.2) is 59.3 Å². The van der Waals surface area contributed by atoms with Crippen molar-refractivity contribution >= 4 is 40.2 Å². The zero-order chi connectivity index (χ0) is 19.1. The molecule has 27 heavy (non-hydrogen) atoms. The van der Waals surface area contributed by atoms with Crippen LogP contribution in [0.4, 0.5) is 5.69 Å². The summed E-state index contributed by atoms with van der Waals surface area (Å²) in [6.07, 6.45) is 0. The minimum absolute atomic E-state index is 0.0363. The van der Waals surface area contributed by atoms with Crippen LogP contribution in [0, 0.1) is 0 Å². The molecule has 3 N–H and O–H groups in total. The van der Waals surface area contributed by atoms with Gasteiger partial charge in [-0.3, -0.25) is 9.59 Å². The van der Waals surface area contributed by atoms with Crippen molar-refractivity contribution in [1.29, 1.82) is 0 Å². The van der Waals surface area contributed by atoms with E-state index < -0.39 is 0 Å². The van der Waals surface area contributed by atoms with Gasteiger partial charge in [0, 0.05) is 18.3 Å². The summed E-state index contributed by atoms with van der Waals surface area (Å²) >= 11 is 3.43. The molecule has 0 aliphatic heterocycles. The summed E-state index contributed by atoms with van der Waals surface area (Å²) in [6.45, 7) is 2.02. The molecule has 5 nitrogen and oxygen atoms in total. The zero-order valence-electron chi connectivity index (χ0n) is 15.0. The van der Waals surface area contributed by atoms with E-state index in [0.29, 0.717) is 17.8 Å². The molecule has 140 valence electrons. The van der Waals surface area contributed by atoms with E-state index in [9.17, 15) is 9.59 Å². The van der Waals surface area contributed by atoms with E-state index in [1.54, 1.807) is 54.0 Å². The second-order valence-corrected chi connectivity index (χ2v) is 8.21. The third kappa shape index (κ3) is 5.75. The molecular weight excluding hydrogens is 378 g/mol. The normalized spacial score (nSPS) is 10.7. The Balaban J connectivity index is 1.62. The molecule has 0 bridgehead atoms. The van der Waals surface area contributed by atoms with E-state index in [1.807, 2.05) is 12.1 Å². The summed E-state index contributed by atoms with van der Waals surface area (Å²) in [6, 6.07) is 15.2. The lowest BCUT2D eigenvalue weighted by molar-refractivity contribution is -0.918. The fourth-order valence-corrected chi connectivity index (χ4v) is 4.34. The highest BCUT2D eigenvalue weighted by molar-refractivity contribution is 7.10. The van der Waals surface area contributed by atoms with Crippen molar-refractivity contribution in [2.45, 2.75) is 13.1 Å². The quantitative estimate of drug-likeness (QED) is 0.544. The first-order chi connectivity index (χ1) is 13.1. The molecule has 2 amide bonds. The predicted octanol–water partition coefficient (Wildman–Crippen LogP) is 2.39. The smallest absolute Gasteiger partial charge is 0.279 e. The van der Waals surface area contributed by atoms with Gasteiger partial charge in [0.25, 0.3) is 11.8 Å². The number of carbonyl (C=O) groups excluding carboxylic acids is 2. The van der Waals surface area contributed by atoms with E-state index in [1.165, 1.54) is 14.7 Å². The number of nitrogens with one attached hydrogen (secondary N) is 3. The molecule has 0 aliphatic carbocycles. The van der Waals surface area contributed by atoms with Gasteiger partial charge >= 0.3 is 0 Å². The fraction of sp³-hybridized carbons (Fsp3) is 0.200. The molecule has 2 heterocycles. The van der Waals surface area contributed by atoms with Crippen LogP contribution in [-0.4, -0.2) is 25.4 Å². The number of anilines is 1. The van der Waals surface area contributed by atoms with Crippen LogP contribution < -0.4 is 15.5 Å². The molecule has 0 spiro atoms. The number of benzene rings is 1. The average molecular weight is 401 g/mol. The Morgan fingerprint density at radius 3 is 2.00 bits per heavy atom. The SMILES string of the molecule is CNC(=O)c1ccc(NC(=O)C[NH+](Cc2cccs2)Cc2cccs2)cc1. The molecule has 0 atom stereocenters. The van der Waals surface area contributed by atoms with Crippen molar-refractivity contribution in [3.63, 3.8) is 0 Å². The van der Waals surface area contributed by atoms with Gasteiger partial charge in [0.1, 0.15) is 13.1 Å². The first-order valence-electron chi connectivity index (χ1n) is 8.64. The molecule has 1 aromatic carbocycles. The zero-order valence-corrected chi connectivity index (χ0v) is 16.7. The summed E-state index contributed by atoms with van der Waals surface area (Å²) in [7, 11) is 1.59. The molecule has 7 heteroatoms. The topological polar surface area (TPSA) is 62.6 Å². The minimum Gasteiger partial charge on any atom is -0.355 e. The molecule has 3 aromatic rings. The second kappa shape index (κ2) is 9.45. The van der Waals surface area contributed by atoms with E-state index in [0.717, 1.165) is 13.1 Å². The third-order valence-electron chi connectivity index (χ3n) is 4.08. The number of amides is 2. The van der Waals surface area contributed by atoms with Gasteiger partial charge < -0.3 is 15.5 Å². The Labute approximate surface area is 166 Å². The Morgan fingerprint density at radius 1 is 0.926 bits per heavy atom. The number of quaternary nitrogens is 1. The molecule has 0 unspecified atom stereocenters. The highest BCUT2D eigenvalue weighted by Gasteiger charge is 2.17. The van der Waals surface area contributed by atoms with Crippen molar-refractivity contribution in [2.24, 2.45) is 0 Å². The number of hydrogen-bond donors (Lipinski definition) is 3. The van der Waals surface area contributed by atoms with Crippen molar-refractivity contribution in [3.8, 4) is 0 Å². The van der Waals surface area contributed by atoms with E-state index in [-0.39, 0.29) is 11.8 Å². The maximum Gasteiger partial charge on any atom is 0.279 e. The van der Waals surface area contributed by atoms with Gasteiger partial charge in [-0.05, 0) is 47.2 Å². The predicted molar refractivity (Wildman–Crippen MR) is 110 cm³/mol. The molecule has 0 saturated heterocycles. The molecular formula is C20H22N3O2S2+. The van der Waals surface area contributed by atoms with Gasteiger partial charge in [0.15, 0.2) is 6.54 Å². The van der Waals surface area contributed by atoms with Crippen molar-refractivity contribution in [3.05, 3.63) is 74.6 Å². The van der Waals surface area contributed by atoms with E-state index in [4.69, 9.17) is 0 Å². The van der Waals surface area contributed by atoms with Crippen LogP contribution in [0.5, 0.6) is 0 Å². The van der Waals surface area contributed by atoms with Crippen molar-refractivity contribution in [1.82, 2.24) is 5.32 Å². The average Bonchev–Trinajstić information content (AvgIpc) is 3.36. The van der Waals surface area contributed by atoms with Crippen molar-refractivity contribution < 1.29 is 14.5 Å². The van der Waals surface area contributed by atoms with Crippen LogP contribution in [-0.2, 0) is 17.9 Å². The Bertz CT molecular complexity index is 823. The third-order valence-corrected chi connectivity index (χ3v) is 5.83. The summed E-state index contributed by atoms with van der Waals surface area (Å²) in [5.74, 6) is -0.179.